The van der Waals surface area contributed by atoms with Crippen LogP contribution < -0.4 is 0 Å². The first-order valence-corrected chi connectivity index (χ1v) is 11.9. The van der Waals surface area contributed by atoms with Crippen LogP contribution in [0.1, 0.15) is 78.6 Å². The van der Waals surface area contributed by atoms with Gasteiger partial charge in [-0.2, -0.15) is 0 Å². The van der Waals surface area contributed by atoms with Gasteiger partial charge in [-0.05, 0) is 45.6 Å². The normalized spacial score (nSPS) is 11.9. The van der Waals surface area contributed by atoms with Crippen LogP contribution in [0.3, 0.4) is 0 Å². The van der Waals surface area contributed by atoms with E-state index in [1.807, 2.05) is 0 Å². The van der Waals surface area contributed by atoms with E-state index in [2.05, 4.69) is 72.8 Å². The first-order valence-electron chi connectivity index (χ1n) is 11.3. The number of unbranched alkanes of at least 4 members (excludes halogenated alkanes) is 8. The molecule has 0 rings (SSSR count). The van der Waals surface area contributed by atoms with Crippen LogP contribution in [0.5, 0.6) is 0 Å². The lowest BCUT2D eigenvalue weighted by Gasteiger charge is -2.30. The van der Waals surface area contributed by atoms with E-state index < -0.39 is 0 Å². The van der Waals surface area contributed by atoms with Crippen LogP contribution in [-0.2, 0) is 13.4 Å². The molecule has 0 bridgehead atoms. The third-order valence-electron chi connectivity index (χ3n) is 4.74. The summed E-state index contributed by atoms with van der Waals surface area (Å²) in [5.74, 6) is -0.263. The summed E-state index contributed by atoms with van der Waals surface area (Å²) < 4.78 is 10.2. The van der Waals surface area contributed by atoms with Gasteiger partial charge >= 0.3 is 5.97 Å². The van der Waals surface area contributed by atoms with Crippen molar-refractivity contribution in [3.8, 4) is 0 Å². The number of esters is 1. The summed E-state index contributed by atoms with van der Waals surface area (Å²) in [5, 5.41) is 0. The molecule has 0 fully saturated rings. The molecule has 0 radical (unpaired) electrons. The van der Waals surface area contributed by atoms with Crippen molar-refractivity contribution < 1.29 is 17.8 Å². The van der Waals surface area contributed by atoms with Gasteiger partial charge < -0.3 is 13.0 Å². The maximum atomic E-state index is 11.2. The number of quaternary nitrogens is 1. The number of ether oxygens (including phenoxy) is 1. The minimum absolute atomic E-state index is 0.263. The van der Waals surface area contributed by atoms with Gasteiger partial charge in [-0.3, -0.25) is 0 Å². The molecule has 0 amide bonds. The number of hydrogen-bond donors (Lipinski definition) is 0. The van der Waals surface area contributed by atoms with Crippen molar-refractivity contribution in [3.05, 3.63) is 36.0 Å². The highest BCUT2D eigenvalue weighted by Gasteiger charge is 2.14. The highest BCUT2D eigenvalue weighted by Crippen LogP contribution is 2.12. The van der Waals surface area contributed by atoms with Gasteiger partial charge in [0.2, 0.25) is 0 Å². The van der Waals surface area contributed by atoms with E-state index in [4.69, 9.17) is 4.74 Å². The van der Waals surface area contributed by atoms with Crippen molar-refractivity contribution in [3.63, 3.8) is 0 Å². The van der Waals surface area contributed by atoms with Crippen LogP contribution in [-0.4, -0.2) is 51.4 Å². The van der Waals surface area contributed by atoms with Gasteiger partial charge in [0.25, 0.3) is 0 Å². The first kappa shape index (κ1) is 31.3. The van der Waals surface area contributed by atoms with E-state index in [1.165, 1.54) is 57.1 Å². The van der Waals surface area contributed by atoms with E-state index in [0.29, 0.717) is 12.2 Å². The molecule has 0 unspecified atom stereocenters. The van der Waals surface area contributed by atoms with Crippen LogP contribution >= 0.6 is 16.3 Å². The fraction of sp³-hybridized carbons (Fsp3) is 0.720. The molecule has 0 aromatic heterocycles. The van der Waals surface area contributed by atoms with Crippen LogP contribution in [0.25, 0.3) is 0 Å². The zero-order valence-corrected chi connectivity index (χ0v) is 22.1. The van der Waals surface area contributed by atoms with Crippen LogP contribution in [0.4, 0.5) is 0 Å². The molecule has 0 spiro atoms. The van der Waals surface area contributed by atoms with Crippen molar-refractivity contribution in [2.75, 3.05) is 40.9 Å². The number of rotatable bonds is 16. The van der Waals surface area contributed by atoms with Crippen molar-refractivity contribution >= 4 is 22.2 Å². The van der Waals surface area contributed by atoms with E-state index >= 15 is 0 Å². The maximum absolute atomic E-state index is 11.2. The minimum Gasteiger partial charge on any atom is -0.462 e. The molecule has 0 aliphatic carbocycles. The number of allylic oxidation sites excluding steroid dienone is 3. The molecule has 0 heterocycles. The molecule has 0 aromatic carbocycles. The Morgan fingerprint density at radius 1 is 0.967 bits per heavy atom. The Labute approximate surface area is 195 Å². The third kappa shape index (κ3) is 23.4. The quantitative estimate of drug-likeness (QED) is 0.0759. The summed E-state index contributed by atoms with van der Waals surface area (Å²) in [4.78, 5) is 11.2. The second kappa shape index (κ2) is 21.3. The molecular formula is C25H47BrNO3+. The fourth-order valence-electron chi connectivity index (χ4n) is 3.23. The zero-order chi connectivity index (χ0) is 23.3. The molecule has 5 heteroatoms. The van der Waals surface area contributed by atoms with Gasteiger partial charge in [0.15, 0.2) is 0 Å². The van der Waals surface area contributed by atoms with Gasteiger partial charge in [-0.1, -0.05) is 63.3 Å². The predicted octanol–water partition coefficient (Wildman–Crippen LogP) is 7.16. The summed E-state index contributed by atoms with van der Waals surface area (Å²) in [5.41, 5.74) is 1.94. The number of halogens is 1. The Bertz CT molecular complexity index is 499. The first-order chi connectivity index (χ1) is 14.2. The van der Waals surface area contributed by atoms with Crippen molar-refractivity contribution in [1.82, 2.24) is 0 Å². The Morgan fingerprint density at radius 2 is 1.43 bits per heavy atom. The van der Waals surface area contributed by atoms with Crippen molar-refractivity contribution in [2.24, 2.45) is 0 Å². The SMILES string of the molecule is C=C(C)C(=O)OCCCCCCCCCCC[N+](C)(C)C/C(C)=C/C=C\C.COBr. The molecule has 4 nitrogen and oxygen atoms in total. The Morgan fingerprint density at radius 3 is 1.90 bits per heavy atom. The van der Waals surface area contributed by atoms with E-state index in [-0.39, 0.29) is 5.97 Å². The molecule has 0 N–H and O–H groups in total. The van der Waals surface area contributed by atoms with Crippen LogP contribution in [0.15, 0.2) is 36.0 Å². The fourth-order valence-corrected chi connectivity index (χ4v) is 3.23. The van der Waals surface area contributed by atoms with Gasteiger partial charge in [-0.25, -0.2) is 4.79 Å². The largest absolute Gasteiger partial charge is 0.462 e. The summed E-state index contributed by atoms with van der Waals surface area (Å²) in [7, 11) is 6.21. The maximum Gasteiger partial charge on any atom is 0.333 e. The Balaban J connectivity index is 0. The number of likely N-dealkylation sites (N-methyl/N-ethyl adjacent to an activating group) is 1. The molecule has 176 valence electrons. The van der Waals surface area contributed by atoms with Crippen molar-refractivity contribution in [1.29, 1.82) is 0 Å². The number of carbonyl (C=O) groups excluding carboxylic acids is 1. The van der Waals surface area contributed by atoms with Crippen molar-refractivity contribution in [2.45, 2.75) is 78.6 Å². The average molecular weight is 490 g/mol. The molecule has 0 aliphatic heterocycles. The van der Waals surface area contributed by atoms with Gasteiger partial charge in [0, 0.05) is 5.57 Å². The Kier molecular flexibility index (Phi) is 22.2. The van der Waals surface area contributed by atoms with Crippen LogP contribution in [0.2, 0.25) is 0 Å². The predicted molar refractivity (Wildman–Crippen MR) is 134 cm³/mol. The summed E-state index contributed by atoms with van der Waals surface area (Å²) in [6, 6.07) is 0. The number of carbonyl (C=O) groups is 1. The molecule has 0 aromatic rings. The van der Waals surface area contributed by atoms with E-state index in [9.17, 15) is 4.79 Å². The molecule has 0 saturated heterocycles. The topological polar surface area (TPSA) is 35.5 Å². The van der Waals surface area contributed by atoms with E-state index in [1.54, 1.807) is 14.0 Å². The highest BCUT2D eigenvalue weighted by atomic mass is 79.9. The van der Waals surface area contributed by atoms with Gasteiger partial charge in [-0.15, -0.1) is 0 Å². The second-order valence-electron chi connectivity index (χ2n) is 8.61. The molecule has 0 saturated carbocycles. The summed E-state index contributed by atoms with van der Waals surface area (Å²) >= 11 is 2.65. The van der Waals surface area contributed by atoms with E-state index in [0.717, 1.165) is 23.9 Å². The summed E-state index contributed by atoms with van der Waals surface area (Å²) in [6.07, 6.45) is 17.8. The second-order valence-corrected chi connectivity index (χ2v) is 9.26. The number of nitrogens with zero attached hydrogens (tertiary/aromatic N) is 1. The monoisotopic (exact) mass is 488 g/mol. The standard InChI is InChI=1S/C24H44NO2.CH3BrO/c1-7-8-18-23(4)21-25(5,6)19-16-14-12-10-9-11-13-15-17-20-27-24(26)22(2)3;1-3-2/h7-8,18H,2,9-17,19-21H2,1,3-6H3;1H3/q+1;/b8-7-,23-18+;. The lowest BCUT2D eigenvalue weighted by Crippen LogP contribution is -2.41. The van der Waals surface area contributed by atoms with Gasteiger partial charge in [0.1, 0.15) is 0 Å². The zero-order valence-electron chi connectivity index (χ0n) is 20.5. The number of hydrogen-bond acceptors (Lipinski definition) is 3. The van der Waals surface area contributed by atoms with Crippen LogP contribution in [0, 0.1) is 0 Å². The minimum atomic E-state index is -0.263. The lowest BCUT2D eigenvalue weighted by atomic mass is 10.1. The molecular weight excluding hydrogens is 442 g/mol. The lowest BCUT2D eigenvalue weighted by molar-refractivity contribution is -0.885. The average Bonchev–Trinajstić information content (AvgIpc) is 2.67. The highest BCUT2D eigenvalue weighted by molar-refractivity contribution is 9.06. The molecule has 0 atom stereocenters. The van der Waals surface area contributed by atoms with Gasteiger partial charge in [0.05, 0.1) is 57.2 Å². The molecule has 0 aliphatic rings. The molecule has 30 heavy (non-hydrogen) atoms. The summed E-state index contributed by atoms with van der Waals surface area (Å²) in [6.45, 7) is 12.5. The third-order valence-corrected chi connectivity index (χ3v) is 4.74. The Hall–Kier alpha value is -0.910. The smallest absolute Gasteiger partial charge is 0.333 e.